The summed E-state index contributed by atoms with van der Waals surface area (Å²) in [6.45, 7) is 3.62. The minimum atomic E-state index is -0.290. The molecule has 0 radical (unpaired) electrons. The highest BCUT2D eigenvalue weighted by atomic mass is 32.1. The molecule has 3 heterocycles. The molecular formula is C19H19N5O4S. The van der Waals surface area contributed by atoms with Gasteiger partial charge in [0.25, 0.3) is 5.56 Å². The van der Waals surface area contributed by atoms with Crippen LogP contribution in [-0.2, 0) is 11.3 Å². The predicted molar refractivity (Wildman–Crippen MR) is 110 cm³/mol. The number of nitrogens with zero attached hydrogens (tertiary/aromatic N) is 4. The van der Waals surface area contributed by atoms with Crippen molar-refractivity contribution in [3.8, 4) is 11.5 Å². The van der Waals surface area contributed by atoms with Crippen molar-refractivity contribution in [1.29, 1.82) is 0 Å². The molecule has 0 spiro atoms. The van der Waals surface area contributed by atoms with E-state index in [4.69, 9.17) is 9.47 Å². The number of benzene rings is 1. The molecular weight excluding hydrogens is 394 g/mol. The van der Waals surface area contributed by atoms with Crippen LogP contribution in [0.4, 0.5) is 5.69 Å². The number of carbonyl (C=O) groups is 1. The van der Waals surface area contributed by atoms with Gasteiger partial charge >= 0.3 is 0 Å². The van der Waals surface area contributed by atoms with Gasteiger partial charge in [0.2, 0.25) is 10.9 Å². The summed E-state index contributed by atoms with van der Waals surface area (Å²) < 4.78 is 13.4. The molecule has 0 atom stereocenters. The van der Waals surface area contributed by atoms with Crippen LogP contribution >= 0.6 is 11.3 Å². The quantitative estimate of drug-likeness (QED) is 0.539. The van der Waals surface area contributed by atoms with Gasteiger partial charge in [0.05, 0.1) is 19.7 Å². The second-order valence-electron chi connectivity index (χ2n) is 6.46. The molecule has 0 bridgehead atoms. The Hall–Kier alpha value is -3.40. The first-order chi connectivity index (χ1) is 13.9. The molecule has 4 aromatic rings. The summed E-state index contributed by atoms with van der Waals surface area (Å²) in [6, 6.07) is 6.91. The molecule has 150 valence electrons. The molecule has 0 aliphatic carbocycles. The maximum Gasteiger partial charge on any atom is 0.299 e. The third-order valence-electron chi connectivity index (χ3n) is 4.52. The Morgan fingerprint density at radius 2 is 1.93 bits per heavy atom. The summed E-state index contributed by atoms with van der Waals surface area (Å²) in [5, 5.41) is 7.78. The average Bonchev–Trinajstić information content (AvgIpc) is 3.21. The van der Waals surface area contributed by atoms with Gasteiger partial charge in [0, 0.05) is 17.4 Å². The van der Waals surface area contributed by atoms with Crippen molar-refractivity contribution >= 4 is 38.9 Å². The fourth-order valence-corrected chi connectivity index (χ4v) is 3.96. The Bertz CT molecular complexity index is 1300. The summed E-state index contributed by atoms with van der Waals surface area (Å²) in [6.07, 6.45) is 0. The zero-order chi connectivity index (χ0) is 20.7. The van der Waals surface area contributed by atoms with E-state index in [2.05, 4.69) is 15.4 Å². The molecule has 1 amide bonds. The van der Waals surface area contributed by atoms with Crippen molar-refractivity contribution in [3.63, 3.8) is 0 Å². The molecule has 4 rings (SSSR count). The number of ether oxygens (including phenoxy) is 2. The van der Waals surface area contributed by atoms with Gasteiger partial charge < -0.3 is 19.4 Å². The number of fused-ring (bicyclic) bond motifs is 2. The van der Waals surface area contributed by atoms with Crippen LogP contribution in [0.5, 0.6) is 11.5 Å². The van der Waals surface area contributed by atoms with Crippen LogP contribution in [-0.4, -0.2) is 39.3 Å². The molecule has 10 heteroatoms. The second kappa shape index (κ2) is 7.21. The number of aryl methyl sites for hydroxylation is 2. The van der Waals surface area contributed by atoms with Crippen molar-refractivity contribution in [2.75, 3.05) is 19.5 Å². The van der Waals surface area contributed by atoms with Crippen LogP contribution in [0, 0.1) is 13.8 Å². The number of hydrogen-bond acceptors (Lipinski definition) is 7. The van der Waals surface area contributed by atoms with Crippen LogP contribution in [0.15, 0.2) is 29.1 Å². The predicted octanol–water partition coefficient (Wildman–Crippen LogP) is 2.38. The molecule has 9 nitrogen and oxygen atoms in total. The fourth-order valence-electron chi connectivity index (χ4n) is 3.22. The van der Waals surface area contributed by atoms with Crippen LogP contribution in [0.1, 0.15) is 10.7 Å². The number of carbonyl (C=O) groups excluding carboxylic acids is 1. The summed E-state index contributed by atoms with van der Waals surface area (Å²) in [5.74, 6) is 0.799. The van der Waals surface area contributed by atoms with Crippen LogP contribution < -0.4 is 20.3 Å². The molecule has 0 saturated carbocycles. The van der Waals surface area contributed by atoms with Crippen molar-refractivity contribution < 1.29 is 14.3 Å². The van der Waals surface area contributed by atoms with Crippen molar-refractivity contribution in [3.05, 3.63) is 45.3 Å². The molecule has 0 saturated heterocycles. The highest BCUT2D eigenvalue weighted by Crippen LogP contribution is 2.29. The van der Waals surface area contributed by atoms with Gasteiger partial charge in [-0.05, 0) is 32.0 Å². The molecule has 0 aliphatic rings. The SMILES string of the molecule is COc1ccc(NC(=O)Cn2c(C)cc3nc4sc(C)nn4c(=O)c32)cc1OC. The Morgan fingerprint density at radius 3 is 2.66 bits per heavy atom. The van der Waals surface area contributed by atoms with Gasteiger partial charge in [-0.15, -0.1) is 0 Å². The maximum atomic E-state index is 12.9. The number of hydrogen-bond donors (Lipinski definition) is 1. The van der Waals surface area contributed by atoms with E-state index in [1.807, 2.05) is 13.8 Å². The number of amides is 1. The lowest BCUT2D eigenvalue weighted by Crippen LogP contribution is -2.23. The van der Waals surface area contributed by atoms with Crippen molar-refractivity contribution in [1.82, 2.24) is 19.2 Å². The van der Waals surface area contributed by atoms with E-state index in [0.717, 1.165) is 10.7 Å². The Morgan fingerprint density at radius 1 is 1.17 bits per heavy atom. The van der Waals surface area contributed by atoms with Crippen molar-refractivity contribution in [2.45, 2.75) is 20.4 Å². The molecule has 1 N–H and O–H groups in total. The zero-order valence-electron chi connectivity index (χ0n) is 16.3. The van der Waals surface area contributed by atoms with E-state index in [-0.39, 0.29) is 18.0 Å². The zero-order valence-corrected chi connectivity index (χ0v) is 17.2. The van der Waals surface area contributed by atoms with E-state index in [1.54, 1.807) is 35.9 Å². The lowest BCUT2D eigenvalue weighted by molar-refractivity contribution is -0.116. The van der Waals surface area contributed by atoms with E-state index in [0.29, 0.717) is 33.2 Å². The maximum absolute atomic E-state index is 12.9. The summed E-state index contributed by atoms with van der Waals surface area (Å²) >= 11 is 1.35. The van der Waals surface area contributed by atoms with Gasteiger partial charge in [-0.25, -0.2) is 4.98 Å². The molecule has 3 aromatic heterocycles. The monoisotopic (exact) mass is 413 g/mol. The van der Waals surface area contributed by atoms with Crippen LogP contribution in [0.25, 0.3) is 16.0 Å². The summed E-state index contributed by atoms with van der Waals surface area (Å²) in [5.41, 5.74) is 1.94. The number of rotatable bonds is 5. The smallest absolute Gasteiger partial charge is 0.299 e. The summed E-state index contributed by atoms with van der Waals surface area (Å²) in [4.78, 5) is 30.6. The molecule has 29 heavy (non-hydrogen) atoms. The first-order valence-electron chi connectivity index (χ1n) is 8.79. The van der Waals surface area contributed by atoms with E-state index >= 15 is 0 Å². The minimum absolute atomic E-state index is 0.0320. The van der Waals surface area contributed by atoms with Crippen LogP contribution in [0.3, 0.4) is 0 Å². The Labute approximate surface area is 169 Å². The Balaban J connectivity index is 1.67. The van der Waals surface area contributed by atoms with Gasteiger partial charge in [-0.2, -0.15) is 9.61 Å². The van der Waals surface area contributed by atoms with Gasteiger partial charge in [0.1, 0.15) is 17.1 Å². The standard InChI is InChI=1S/C19H19N5O4S/c1-10-7-13-17(18(26)24-19(21-13)29-11(2)22-24)23(10)9-16(25)20-12-5-6-14(27-3)15(8-12)28-4/h5-8H,9H2,1-4H3,(H,20,25). The molecule has 0 aliphatic heterocycles. The van der Waals surface area contributed by atoms with E-state index in [1.165, 1.54) is 23.0 Å². The van der Waals surface area contributed by atoms with Gasteiger partial charge in [0.15, 0.2) is 11.5 Å². The Kier molecular flexibility index (Phi) is 4.71. The lowest BCUT2D eigenvalue weighted by atomic mass is 10.2. The highest BCUT2D eigenvalue weighted by molar-refractivity contribution is 7.16. The molecule has 1 aromatic carbocycles. The van der Waals surface area contributed by atoms with Gasteiger partial charge in [-0.1, -0.05) is 11.3 Å². The highest BCUT2D eigenvalue weighted by Gasteiger charge is 2.17. The third kappa shape index (κ3) is 3.31. The molecule has 0 unspecified atom stereocenters. The first-order valence-corrected chi connectivity index (χ1v) is 9.61. The topological polar surface area (TPSA) is 99.7 Å². The summed E-state index contributed by atoms with van der Waals surface area (Å²) in [7, 11) is 3.07. The minimum Gasteiger partial charge on any atom is -0.493 e. The second-order valence-corrected chi connectivity index (χ2v) is 7.62. The number of anilines is 1. The average molecular weight is 413 g/mol. The normalized spacial score (nSPS) is 11.2. The lowest BCUT2D eigenvalue weighted by Gasteiger charge is -2.12. The number of aromatic nitrogens is 4. The number of nitrogens with one attached hydrogen (secondary N) is 1. The third-order valence-corrected chi connectivity index (χ3v) is 5.35. The van der Waals surface area contributed by atoms with Gasteiger partial charge in [-0.3, -0.25) is 9.59 Å². The molecule has 0 fully saturated rings. The first kappa shape index (κ1) is 18.9. The van der Waals surface area contributed by atoms with E-state index in [9.17, 15) is 9.59 Å². The largest absolute Gasteiger partial charge is 0.493 e. The fraction of sp³-hybridized carbons (Fsp3) is 0.263. The van der Waals surface area contributed by atoms with Crippen molar-refractivity contribution in [2.24, 2.45) is 0 Å². The number of methoxy groups -OCH3 is 2. The van der Waals surface area contributed by atoms with Crippen LogP contribution in [0.2, 0.25) is 0 Å². The van der Waals surface area contributed by atoms with E-state index < -0.39 is 0 Å².